The van der Waals surface area contributed by atoms with E-state index in [4.69, 9.17) is 9.40 Å². The number of hydrogen-bond donors (Lipinski definition) is 0. The Balaban J connectivity index is 0.000000238. The molecule has 5 heteroatoms. The van der Waals surface area contributed by atoms with Crippen LogP contribution in [0.15, 0.2) is 126 Å². The van der Waals surface area contributed by atoms with Gasteiger partial charge in [0.2, 0.25) is 5.71 Å². The van der Waals surface area contributed by atoms with Gasteiger partial charge >= 0.3 is 0 Å². The first-order chi connectivity index (χ1) is 20.5. The van der Waals surface area contributed by atoms with Crippen LogP contribution in [0, 0.1) is 12.1 Å². The second-order valence-corrected chi connectivity index (χ2v) is 11.2. The normalized spacial score (nSPS) is 11.0. The van der Waals surface area contributed by atoms with Crippen molar-refractivity contribution in [3.8, 4) is 22.5 Å². The van der Waals surface area contributed by atoms with Gasteiger partial charge in [-0.25, -0.2) is 4.98 Å². The predicted molar refractivity (Wildman–Crippen MR) is 170 cm³/mol. The van der Waals surface area contributed by atoms with E-state index in [0.29, 0.717) is 5.71 Å². The summed E-state index contributed by atoms with van der Waals surface area (Å²) in [5.41, 5.74) is 8.71. The summed E-state index contributed by atoms with van der Waals surface area (Å²) >= 11 is 0. The van der Waals surface area contributed by atoms with Crippen molar-refractivity contribution >= 4 is 22.1 Å². The summed E-state index contributed by atoms with van der Waals surface area (Å²) < 4.78 is 6.26. The molecule has 0 fully saturated rings. The zero-order valence-electron chi connectivity index (χ0n) is 24.3. The third kappa shape index (κ3) is 6.97. The Labute approximate surface area is 266 Å². The van der Waals surface area contributed by atoms with Gasteiger partial charge < -0.3 is 14.4 Å². The van der Waals surface area contributed by atoms with E-state index in [0.717, 1.165) is 51.0 Å². The van der Waals surface area contributed by atoms with Crippen LogP contribution in [-0.4, -0.2) is 15.0 Å². The Morgan fingerprint density at radius 2 is 1.49 bits per heavy atom. The molecule has 0 saturated heterocycles. The molecular weight excluding hydrogens is 707 g/mol. The minimum atomic E-state index is 0. The quantitative estimate of drug-likeness (QED) is 0.169. The number of hydrogen-bond acceptors (Lipinski definition) is 4. The van der Waals surface area contributed by atoms with Crippen LogP contribution >= 0.6 is 0 Å². The van der Waals surface area contributed by atoms with Gasteiger partial charge in [0, 0.05) is 50.0 Å². The second-order valence-electron chi connectivity index (χ2n) is 11.2. The molecule has 0 atom stereocenters. The standard InChI is InChI=1S/C27H23N2O.C11H8N.Ir/c1-27(2,3)19-14-15-28-24(17-19)23-11-7-10-21-22-13-12-20(29-26(22)30-25(21)23)16-18-8-5-4-6-9-18;1-2-6-10(7-3-1)11-8-4-5-9-12-11;/h4-10,12-15,17H,16H2,1-3H3;1-6,8-9H;/q2*-1;. The van der Waals surface area contributed by atoms with Crippen molar-refractivity contribution in [1.29, 1.82) is 0 Å². The number of nitrogens with zero attached hydrogens (tertiary/aromatic N) is 3. The summed E-state index contributed by atoms with van der Waals surface area (Å²) in [5, 5.41) is 2.06. The van der Waals surface area contributed by atoms with Gasteiger partial charge in [-0.15, -0.1) is 54.1 Å². The van der Waals surface area contributed by atoms with E-state index >= 15 is 0 Å². The summed E-state index contributed by atoms with van der Waals surface area (Å²) in [5.74, 6) is 0. The average Bonchev–Trinajstić information content (AvgIpc) is 3.40. The fourth-order valence-corrected chi connectivity index (χ4v) is 4.86. The fraction of sp³-hybridized carbons (Fsp3) is 0.132. The zero-order valence-corrected chi connectivity index (χ0v) is 26.7. The first kappa shape index (κ1) is 30.0. The molecule has 0 saturated carbocycles. The first-order valence-corrected chi connectivity index (χ1v) is 14.1. The molecule has 4 heterocycles. The van der Waals surface area contributed by atoms with E-state index in [2.05, 4.69) is 91.4 Å². The third-order valence-corrected chi connectivity index (χ3v) is 7.12. The molecule has 4 aromatic heterocycles. The summed E-state index contributed by atoms with van der Waals surface area (Å²) in [6, 6.07) is 42.9. The SMILES string of the molecule is CC(C)(C)c1ccnc(-c2[c-]ccc3c2oc2nc(Cc4ccccc4)ccc23)c1.[Ir].[c-]1ccccc1-c1ccccn1. The van der Waals surface area contributed by atoms with E-state index in [1.54, 1.807) is 6.20 Å². The van der Waals surface area contributed by atoms with Crippen LogP contribution in [0.1, 0.15) is 37.6 Å². The van der Waals surface area contributed by atoms with Gasteiger partial charge in [0.25, 0.3) is 0 Å². The Bertz CT molecular complexity index is 1890. The van der Waals surface area contributed by atoms with Gasteiger partial charge in [-0.05, 0) is 52.2 Å². The van der Waals surface area contributed by atoms with Crippen molar-refractivity contribution in [3.63, 3.8) is 0 Å². The first-order valence-electron chi connectivity index (χ1n) is 14.1. The Kier molecular flexibility index (Phi) is 9.25. The number of benzene rings is 3. The Morgan fingerprint density at radius 3 is 2.23 bits per heavy atom. The molecule has 0 bridgehead atoms. The molecule has 215 valence electrons. The topological polar surface area (TPSA) is 51.8 Å². The van der Waals surface area contributed by atoms with Crippen molar-refractivity contribution in [3.05, 3.63) is 151 Å². The Hall–Kier alpha value is -4.44. The van der Waals surface area contributed by atoms with Crippen LogP contribution < -0.4 is 0 Å². The number of furan rings is 1. The zero-order chi connectivity index (χ0) is 28.9. The van der Waals surface area contributed by atoms with Gasteiger partial charge in [0.15, 0.2) is 0 Å². The van der Waals surface area contributed by atoms with E-state index in [9.17, 15) is 0 Å². The monoisotopic (exact) mass is 738 g/mol. The molecule has 0 aliphatic rings. The third-order valence-electron chi connectivity index (χ3n) is 7.12. The van der Waals surface area contributed by atoms with E-state index in [1.807, 2.05) is 66.9 Å². The maximum Gasteiger partial charge on any atom is 0.216 e. The summed E-state index contributed by atoms with van der Waals surface area (Å²) in [6.45, 7) is 6.61. The van der Waals surface area contributed by atoms with Crippen molar-refractivity contribution in [2.45, 2.75) is 32.6 Å². The van der Waals surface area contributed by atoms with Crippen molar-refractivity contribution in [2.24, 2.45) is 0 Å². The van der Waals surface area contributed by atoms with Crippen LogP contribution in [0.2, 0.25) is 0 Å². The maximum absolute atomic E-state index is 6.26. The molecular formula is C38H31IrN3O-2. The van der Waals surface area contributed by atoms with Crippen molar-refractivity contribution < 1.29 is 24.5 Å². The van der Waals surface area contributed by atoms with Gasteiger partial charge in [0.1, 0.15) is 0 Å². The molecule has 0 aliphatic heterocycles. The molecule has 0 unspecified atom stereocenters. The van der Waals surface area contributed by atoms with Crippen molar-refractivity contribution in [2.75, 3.05) is 0 Å². The van der Waals surface area contributed by atoms with E-state index < -0.39 is 0 Å². The molecule has 0 N–H and O–H groups in total. The smallest absolute Gasteiger partial charge is 0.216 e. The Morgan fingerprint density at radius 1 is 0.698 bits per heavy atom. The molecule has 1 radical (unpaired) electrons. The fourth-order valence-electron chi connectivity index (χ4n) is 4.86. The summed E-state index contributed by atoms with van der Waals surface area (Å²) in [6.07, 6.45) is 4.43. The molecule has 0 spiro atoms. The van der Waals surface area contributed by atoms with E-state index in [1.165, 1.54) is 11.1 Å². The maximum atomic E-state index is 6.26. The predicted octanol–water partition coefficient (Wildman–Crippen LogP) is 9.28. The van der Waals surface area contributed by atoms with Crippen LogP contribution in [0.3, 0.4) is 0 Å². The number of aromatic nitrogens is 3. The molecule has 0 amide bonds. The van der Waals surface area contributed by atoms with Gasteiger partial charge in [-0.1, -0.05) is 80.3 Å². The summed E-state index contributed by atoms with van der Waals surface area (Å²) in [4.78, 5) is 13.6. The molecule has 43 heavy (non-hydrogen) atoms. The second kappa shape index (κ2) is 13.2. The van der Waals surface area contributed by atoms with Crippen LogP contribution in [0.5, 0.6) is 0 Å². The molecule has 7 rings (SSSR count). The van der Waals surface area contributed by atoms with E-state index in [-0.39, 0.29) is 25.5 Å². The van der Waals surface area contributed by atoms with Gasteiger partial charge in [-0.3, -0.25) is 0 Å². The van der Waals surface area contributed by atoms with Crippen LogP contribution in [0.25, 0.3) is 44.6 Å². The average molecular weight is 738 g/mol. The van der Waals surface area contributed by atoms with Crippen LogP contribution in [0.4, 0.5) is 0 Å². The van der Waals surface area contributed by atoms with Gasteiger partial charge in [0.05, 0.1) is 5.58 Å². The summed E-state index contributed by atoms with van der Waals surface area (Å²) in [7, 11) is 0. The molecule has 0 aliphatic carbocycles. The number of rotatable bonds is 4. The van der Waals surface area contributed by atoms with Crippen molar-refractivity contribution in [1.82, 2.24) is 15.0 Å². The van der Waals surface area contributed by atoms with Crippen LogP contribution in [-0.2, 0) is 31.9 Å². The largest absolute Gasteiger partial charge is 0.486 e. The van der Waals surface area contributed by atoms with Gasteiger partial charge in [-0.2, -0.15) is 0 Å². The number of pyridine rings is 3. The minimum absolute atomic E-state index is 0. The molecule has 7 aromatic rings. The minimum Gasteiger partial charge on any atom is -0.486 e. The molecule has 3 aromatic carbocycles. The molecule has 4 nitrogen and oxygen atoms in total. The number of fused-ring (bicyclic) bond motifs is 3.